The van der Waals surface area contributed by atoms with Crippen LogP contribution in [0.5, 0.6) is 0 Å². The molecule has 0 bridgehead atoms. The Labute approximate surface area is 131 Å². The Hall–Kier alpha value is 0.0500. The van der Waals surface area contributed by atoms with E-state index in [0.717, 1.165) is 4.47 Å². The van der Waals surface area contributed by atoms with Crippen LogP contribution in [0, 0.1) is 0 Å². The summed E-state index contributed by atoms with van der Waals surface area (Å²) in [5, 5.41) is 0. The van der Waals surface area contributed by atoms with Gasteiger partial charge in [0.1, 0.15) is 0 Å². The molecule has 0 spiro atoms. The summed E-state index contributed by atoms with van der Waals surface area (Å²) in [6, 6.07) is 5.04. The highest BCUT2D eigenvalue weighted by Crippen LogP contribution is 2.25. The molecule has 1 aromatic carbocycles. The highest BCUT2D eigenvalue weighted by atomic mass is 79.9. The molecule has 0 aromatic heterocycles. The number of hydrogen-bond acceptors (Lipinski definition) is 3. The molecule has 1 N–H and O–H groups in total. The van der Waals surface area contributed by atoms with Crippen LogP contribution in [0.25, 0.3) is 0 Å². The first-order valence-corrected chi connectivity index (χ1v) is 8.96. The van der Waals surface area contributed by atoms with Crippen molar-refractivity contribution in [2.45, 2.75) is 31.3 Å². The van der Waals surface area contributed by atoms with Gasteiger partial charge in [-0.15, -0.1) is 0 Å². The molecule has 0 saturated carbocycles. The van der Waals surface area contributed by atoms with Crippen LogP contribution in [0.15, 0.2) is 32.0 Å². The number of sulfonamides is 1. The smallest absolute Gasteiger partial charge is 0.241 e. The molecule has 0 aliphatic rings. The second-order valence-electron chi connectivity index (χ2n) is 4.25. The number of rotatable bonds is 7. The number of halogens is 2. The molecule has 0 aliphatic carbocycles. The molecule has 108 valence electrons. The van der Waals surface area contributed by atoms with E-state index in [0.29, 0.717) is 24.0 Å². The van der Waals surface area contributed by atoms with Crippen molar-refractivity contribution in [2.75, 3.05) is 13.2 Å². The maximum Gasteiger partial charge on any atom is 0.241 e. The van der Waals surface area contributed by atoms with E-state index in [9.17, 15) is 8.42 Å². The Morgan fingerprint density at radius 1 is 1.32 bits per heavy atom. The van der Waals surface area contributed by atoms with Gasteiger partial charge in [0, 0.05) is 22.1 Å². The first-order chi connectivity index (χ1) is 8.83. The van der Waals surface area contributed by atoms with Crippen LogP contribution in [-0.4, -0.2) is 27.7 Å². The van der Waals surface area contributed by atoms with E-state index in [4.69, 9.17) is 4.74 Å². The number of nitrogens with one attached hydrogen (secondary N) is 1. The highest BCUT2D eigenvalue weighted by molar-refractivity contribution is 9.11. The van der Waals surface area contributed by atoms with Crippen LogP contribution in [0.3, 0.4) is 0 Å². The van der Waals surface area contributed by atoms with Crippen molar-refractivity contribution < 1.29 is 13.2 Å². The summed E-state index contributed by atoms with van der Waals surface area (Å²) in [4.78, 5) is 0.228. The molecule has 7 heteroatoms. The minimum atomic E-state index is -3.50. The Kier molecular flexibility index (Phi) is 6.96. The topological polar surface area (TPSA) is 55.4 Å². The van der Waals surface area contributed by atoms with Gasteiger partial charge in [0.05, 0.1) is 11.0 Å². The van der Waals surface area contributed by atoms with Crippen LogP contribution in [0.1, 0.15) is 20.3 Å². The van der Waals surface area contributed by atoms with Crippen molar-refractivity contribution in [3.63, 3.8) is 0 Å². The monoisotopic (exact) mass is 413 g/mol. The first kappa shape index (κ1) is 17.1. The predicted octanol–water partition coefficient (Wildman–Crippen LogP) is 3.31. The molecule has 4 nitrogen and oxygen atoms in total. The van der Waals surface area contributed by atoms with Gasteiger partial charge in [-0.05, 0) is 54.4 Å². The average molecular weight is 415 g/mol. The molecule has 0 fully saturated rings. The van der Waals surface area contributed by atoms with Gasteiger partial charge < -0.3 is 4.74 Å². The first-order valence-electron chi connectivity index (χ1n) is 5.89. The van der Waals surface area contributed by atoms with Crippen molar-refractivity contribution in [2.24, 2.45) is 0 Å². The van der Waals surface area contributed by atoms with Gasteiger partial charge in [-0.25, -0.2) is 13.1 Å². The van der Waals surface area contributed by atoms with Crippen LogP contribution < -0.4 is 4.72 Å². The maximum absolute atomic E-state index is 12.1. The normalized spacial score (nSPS) is 12.1. The van der Waals surface area contributed by atoms with Gasteiger partial charge in [0.15, 0.2) is 0 Å². The Morgan fingerprint density at radius 2 is 2.00 bits per heavy atom. The average Bonchev–Trinajstić information content (AvgIpc) is 2.31. The van der Waals surface area contributed by atoms with E-state index in [1.807, 2.05) is 13.8 Å². The molecule has 0 saturated heterocycles. The number of ether oxygens (including phenoxy) is 1. The predicted molar refractivity (Wildman–Crippen MR) is 82.7 cm³/mol. The minimum absolute atomic E-state index is 0.163. The van der Waals surface area contributed by atoms with Gasteiger partial charge >= 0.3 is 0 Å². The van der Waals surface area contributed by atoms with Crippen molar-refractivity contribution in [1.82, 2.24) is 4.72 Å². The minimum Gasteiger partial charge on any atom is -0.379 e. The molecule has 0 amide bonds. The molecule has 1 aromatic rings. The largest absolute Gasteiger partial charge is 0.379 e. The highest BCUT2D eigenvalue weighted by Gasteiger charge is 2.17. The number of hydrogen-bond donors (Lipinski definition) is 1. The molecule has 0 radical (unpaired) electrons. The third kappa shape index (κ3) is 5.91. The summed E-state index contributed by atoms with van der Waals surface area (Å²) in [6.45, 7) is 4.79. The lowest BCUT2D eigenvalue weighted by Crippen LogP contribution is -2.26. The van der Waals surface area contributed by atoms with E-state index in [1.165, 1.54) is 0 Å². The van der Waals surface area contributed by atoms with E-state index >= 15 is 0 Å². The zero-order valence-corrected chi connectivity index (χ0v) is 14.8. The third-order valence-corrected chi connectivity index (χ3v) is 5.20. The fraction of sp³-hybridized carbons (Fsp3) is 0.500. The second kappa shape index (κ2) is 7.73. The second-order valence-corrected chi connectivity index (χ2v) is 7.75. The molecule has 19 heavy (non-hydrogen) atoms. The molecular weight excluding hydrogens is 398 g/mol. The quantitative estimate of drug-likeness (QED) is 0.696. The van der Waals surface area contributed by atoms with Gasteiger partial charge in [-0.2, -0.15) is 0 Å². The van der Waals surface area contributed by atoms with E-state index < -0.39 is 10.0 Å². The van der Waals surface area contributed by atoms with Crippen molar-refractivity contribution in [1.29, 1.82) is 0 Å². The Balaban J connectivity index is 2.59. The fourth-order valence-electron chi connectivity index (χ4n) is 1.36. The van der Waals surface area contributed by atoms with Gasteiger partial charge in [-0.1, -0.05) is 15.9 Å². The lowest BCUT2D eigenvalue weighted by atomic mass is 10.4. The molecule has 1 rings (SSSR count). The summed E-state index contributed by atoms with van der Waals surface area (Å²) in [6.07, 6.45) is 0.805. The van der Waals surface area contributed by atoms with E-state index in [2.05, 4.69) is 36.6 Å². The van der Waals surface area contributed by atoms with Gasteiger partial charge in [-0.3, -0.25) is 0 Å². The van der Waals surface area contributed by atoms with E-state index in [-0.39, 0.29) is 11.0 Å². The van der Waals surface area contributed by atoms with Gasteiger partial charge in [0.2, 0.25) is 10.0 Å². The maximum atomic E-state index is 12.1. The van der Waals surface area contributed by atoms with Crippen molar-refractivity contribution in [3.8, 4) is 0 Å². The summed E-state index contributed by atoms with van der Waals surface area (Å²) in [5.74, 6) is 0. The van der Waals surface area contributed by atoms with Gasteiger partial charge in [0.25, 0.3) is 0 Å². The standard InChI is InChI=1S/C12H17Br2NO3S/c1-9(2)18-7-3-6-15-19(16,17)12-8-10(13)4-5-11(12)14/h4-5,8-9,15H,3,6-7H2,1-2H3. The van der Waals surface area contributed by atoms with Crippen LogP contribution in [-0.2, 0) is 14.8 Å². The van der Waals surface area contributed by atoms with Crippen molar-refractivity contribution >= 4 is 41.9 Å². The molecular formula is C12H17Br2NO3S. The van der Waals surface area contributed by atoms with Crippen LogP contribution in [0.4, 0.5) is 0 Å². The van der Waals surface area contributed by atoms with Crippen molar-refractivity contribution in [3.05, 3.63) is 27.1 Å². The summed E-state index contributed by atoms with van der Waals surface area (Å²) in [5.41, 5.74) is 0. The third-order valence-electron chi connectivity index (χ3n) is 2.25. The Morgan fingerprint density at radius 3 is 2.63 bits per heavy atom. The number of benzene rings is 1. The van der Waals surface area contributed by atoms with Crippen LogP contribution in [0.2, 0.25) is 0 Å². The summed E-state index contributed by atoms with van der Waals surface area (Å²) in [7, 11) is -3.50. The lowest BCUT2D eigenvalue weighted by Gasteiger charge is -2.10. The summed E-state index contributed by atoms with van der Waals surface area (Å²) < 4.78 is 33.4. The molecule has 0 atom stereocenters. The SMILES string of the molecule is CC(C)OCCCNS(=O)(=O)c1cc(Br)ccc1Br. The zero-order chi connectivity index (χ0) is 14.5. The fourth-order valence-corrected chi connectivity index (χ4v) is 3.93. The molecule has 0 aliphatic heterocycles. The summed E-state index contributed by atoms with van der Waals surface area (Å²) >= 11 is 6.51. The molecule has 0 heterocycles. The lowest BCUT2D eigenvalue weighted by molar-refractivity contribution is 0.0778. The zero-order valence-electron chi connectivity index (χ0n) is 10.8. The molecule has 0 unspecified atom stereocenters. The Bertz CT molecular complexity index is 518. The van der Waals surface area contributed by atoms with Crippen LogP contribution >= 0.6 is 31.9 Å². The van der Waals surface area contributed by atoms with E-state index in [1.54, 1.807) is 18.2 Å².